The molecule has 1 fully saturated rings. The van der Waals surface area contributed by atoms with Crippen molar-refractivity contribution >= 4 is 11.7 Å². The number of pyridine rings is 2. The Bertz CT molecular complexity index is 1200. The summed E-state index contributed by atoms with van der Waals surface area (Å²) >= 11 is 0. The maximum atomic E-state index is 13.2. The fraction of sp³-hybridized carbons (Fsp3) is 0.200. The van der Waals surface area contributed by atoms with Gasteiger partial charge < -0.3 is 10.2 Å². The summed E-state index contributed by atoms with van der Waals surface area (Å²) in [6, 6.07) is 17.5. The van der Waals surface area contributed by atoms with Gasteiger partial charge in [-0.2, -0.15) is 5.10 Å². The number of amides is 1. The van der Waals surface area contributed by atoms with Crippen LogP contribution in [-0.4, -0.2) is 38.7 Å². The molecule has 0 radical (unpaired) electrons. The van der Waals surface area contributed by atoms with Crippen LogP contribution in [0.5, 0.6) is 0 Å². The van der Waals surface area contributed by atoms with Gasteiger partial charge in [0.2, 0.25) is 0 Å². The van der Waals surface area contributed by atoms with Crippen molar-refractivity contribution in [2.24, 2.45) is 0 Å². The summed E-state index contributed by atoms with van der Waals surface area (Å²) < 4.78 is 1.73. The first-order valence-corrected chi connectivity index (χ1v) is 10.8. The van der Waals surface area contributed by atoms with Gasteiger partial charge >= 0.3 is 0 Å². The van der Waals surface area contributed by atoms with E-state index in [0.717, 1.165) is 35.7 Å². The Morgan fingerprint density at radius 1 is 1.00 bits per heavy atom. The van der Waals surface area contributed by atoms with Crippen LogP contribution in [0.1, 0.15) is 28.8 Å². The smallest absolute Gasteiger partial charge is 0.255 e. The molecule has 1 aliphatic heterocycles. The number of carbonyl (C=O) groups is 1. The largest absolute Gasteiger partial charge is 0.357 e. The zero-order valence-electron chi connectivity index (χ0n) is 17.7. The second-order valence-electron chi connectivity index (χ2n) is 7.81. The molecule has 1 saturated heterocycles. The molecule has 3 aromatic heterocycles. The lowest BCUT2D eigenvalue weighted by Gasteiger charge is -2.17. The zero-order valence-corrected chi connectivity index (χ0v) is 17.7. The van der Waals surface area contributed by atoms with Crippen LogP contribution in [0.2, 0.25) is 0 Å². The van der Waals surface area contributed by atoms with Crippen molar-refractivity contribution in [2.75, 3.05) is 18.0 Å². The minimum absolute atomic E-state index is 0.175. The summed E-state index contributed by atoms with van der Waals surface area (Å²) in [6.07, 6.45) is 9.41. The molecule has 4 heterocycles. The van der Waals surface area contributed by atoms with Crippen molar-refractivity contribution in [3.63, 3.8) is 0 Å². The average Bonchev–Trinajstić information content (AvgIpc) is 3.55. The molecule has 0 atom stereocenters. The number of aromatic nitrogens is 4. The topological polar surface area (TPSA) is 75.9 Å². The molecule has 0 aliphatic carbocycles. The van der Waals surface area contributed by atoms with E-state index in [9.17, 15) is 4.79 Å². The third-order valence-electron chi connectivity index (χ3n) is 5.61. The molecule has 0 saturated carbocycles. The predicted octanol–water partition coefficient (Wildman–Crippen LogP) is 3.86. The molecule has 32 heavy (non-hydrogen) atoms. The molecule has 1 N–H and O–H groups in total. The number of nitrogens with one attached hydrogen (secondary N) is 1. The molecule has 1 aliphatic rings. The quantitative estimate of drug-likeness (QED) is 0.509. The lowest BCUT2D eigenvalue weighted by Crippen LogP contribution is -2.24. The van der Waals surface area contributed by atoms with E-state index in [0.29, 0.717) is 17.8 Å². The van der Waals surface area contributed by atoms with E-state index in [1.807, 2.05) is 54.7 Å². The fourth-order valence-corrected chi connectivity index (χ4v) is 3.94. The average molecular weight is 425 g/mol. The predicted molar refractivity (Wildman–Crippen MR) is 124 cm³/mol. The first-order chi connectivity index (χ1) is 15.8. The minimum Gasteiger partial charge on any atom is -0.357 e. The van der Waals surface area contributed by atoms with Gasteiger partial charge in [-0.05, 0) is 54.8 Å². The van der Waals surface area contributed by atoms with Crippen LogP contribution in [-0.2, 0) is 6.54 Å². The van der Waals surface area contributed by atoms with E-state index in [4.69, 9.17) is 5.10 Å². The Balaban J connectivity index is 1.39. The van der Waals surface area contributed by atoms with Crippen LogP contribution in [0.4, 0.5) is 5.82 Å². The molecule has 0 bridgehead atoms. The summed E-state index contributed by atoms with van der Waals surface area (Å²) in [5.41, 5.74) is 3.82. The highest BCUT2D eigenvalue weighted by atomic mass is 16.1. The first kappa shape index (κ1) is 19.9. The van der Waals surface area contributed by atoms with Gasteiger partial charge in [0.15, 0.2) is 0 Å². The summed E-state index contributed by atoms with van der Waals surface area (Å²) in [5.74, 6) is 0.799. The Labute approximate surface area is 186 Å². The van der Waals surface area contributed by atoms with Crippen molar-refractivity contribution in [1.82, 2.24) is 25.1 Å². The van der Waals surface area contributed by atoms with E-state index < -0.39 is 0 Å². The second-order valence-corrected chi connectivity index (χ2v) is 7.81. The number of hydrogen-bond donors (Lipinski definition) is 1. The van der Waals surface area contributed by atoms with Gasteiger partial charge in [-0.15, -0.1) is 0 Å². The molecule has 1 aromatic carbocycles. The van der Waals surface area contributed by atoms with E-state index in [2.05, 4.69) is 26.3 Å². The molecular formula is C25H24N6O. The second kappa shape index (κ2) is 9.01. The number of nitrogens with zero attached hydrogens (tertiary/aromatic N) is 5. The molecule has 7 nitrogen and oxygen atoms in total. The van der Waals surface area contributed by atoms with E-state index in [1.165, 1.54) is 12.8 Å². The Morgan fingerprint density at radius 2 is 1.84 bits per heavy atom. The third kappa shape index (κ3) is 4.23. The van der Waals surface area contributed by atoms with Crippen molar-refractivity contribution < 1.29 is 4.79 Å². The Morgan fingerprint density at radius 3 is 2.62 bits per heavy atom. The monoisotopic (exact) mass is 424 g/mol. The molecule has 7 heteroatoms. The molecular weight excluding hydrogens is 400 g/mol. The maximum Gasteiger partial charge on any atom is 0.255 e. The third-order valence-corrected chi connectivity index (χ3v) is 5.61. The number of benzene rings is 1. The number of hydrogen-bond acceptors (Lipinski definition) is 5. The van der Waals surface area contributed by atoms with E-state index >= 15 is 0 Å². The van der Waals surface area contributed by atoms with Crippen LogP contribution in [0, 0.1) is 0 Å². The number of rotatable bonds is 6. The highest BCUT2D eigenvalue weighted by molar-refractivity contribution is 5.99. The van der Waals surface area contributed by atoms with Crippen molar-refractivity contribution in [3.8, 4) is 16.9 Å². The SMILES string of the molecule is O=C(NCc1ccnc(N2CCCC2)c1)c1cn(-c2ccccc2)nc1-c1cccnc1. The number of para-hydroxylation sites is 1. The van der Waals surface area contributed by atoms with Crippen molar-refractivity contribution in [3.05, 3.63) is 90.5 Å². The minimum atomic E-state index is -0.175. The molecule has 0 unspecified atom stereocenters. The highest BCUT2D eigenvalue weighted by Crippen LogP contribution is 2.23. The normalized spacial score (nSPS) is 13.3. The molecule has 0 spiro atoms. The molecule has 5 rings (SSSR count). The lowest BCUT2D eigenvalue weighted by molar-refractivity contribution is 0.0951. The van der Waals surface area contributed by atoms with Gasteiger partial charge in [-0.1, -0.05) is 18.2 Å². The Kier molecular flexibility index (Phi) is 5.61. The van der Waals surface area contributed by atoms with Crippen LogP contribution in [0.15, 0.2) is 79.4 Å². The first-order valence-electron chi connectivity index (χ1n) is 10.8. The Hall–Kier alpha value is -4.00. The lowest BCUT2D eigenvalue weighted by atomic mass is 10.1. The van der Waals surface area contributed by atoms with Gasteiger partial charge in [-0.25, -0.2) is 9.67 Å². The maximum absolute atomic E-state index is 13.2. The number of carbonyl (C=O) groups excluding carboxylic acids is 1. The van der Waals surface area contributed by atoms with Crippen molar-refractivity contribution in [1.29, 1.82) is 0 Å². The summed E-state index contributed by atoms with van der Waals surface area (Å²) in [4.78, 5) is 24.2. The standard InChI is InChI=1S/C25H24N6O/c32-25(28-16-19-10-12-27-23(15-19)30-13-4-5-14-30)22-18-31(21-8-2-1-3-9-21)29-24(22)20-7-6-11-26-17-20/h1-3,6-12,15,17-18H,4-5,13-14,16H2,(H,28,32). The van der Waals surface area contributed by atoms with Crippen LogP contribution in [0.25, 0.3) is 16.9 Å². The summed E-state index contributed by atoms with van der Waals surface area (Å²) in [6.45, 7) is 2.50. The van der Waals surface area contributed by atoms with Gasteiger partial charge in [0.25, 0.3) is 5.91 Å². The van der Waals surface area contributed by atoms with Gasteiger partial charge in [0.05, 0.1) is 11.3 Å². The molecule has 4 aromatic rings. The zero-order chi connectivity index (χ0) is 21.8. The van der Waals surface area contributed by atoms with E-state index in [-0.39, 0.29) is 5.91 Å². The summed E-state index contributed by atoms with van der Waals surface area (Å²) in [5, 5.41) is 7.74. The molecule has 160 valence electrons. The van der Waals surface area contributed by atoms with Crippen LogP contribution >= 0.6 is 0 Å². The van der Waals surface area contributed by atoms with E-state index in [1.54, 1.807) is 23.3 Å². The van der Waals surface area contributed by atoms with Crippen LogP contribution < -0.4 is 10.2 Å². The summed E-state index contributed by atoms with van der Waals surface area (Å²) in [7, 11) is 0. The van der Waals surface area contributed by atoms with Gasteiger partial charge in [-0.3, -0.25) is 9.78 Å². The number of anilines is 1. The molecule has 1 amide bonds. The highest BCUT2D eigenvalue weighted by Gasteiger charge is 2.19. The fourth-order valence-electron chi connectivity index (χ4n) is 3.94. The van der Waals surface area contributed by atoms with Crippen molar-refractivity contribution in [2.45, 2.75) is 19.4 Å². The van der Waals surface area contributed by atoms with Gasteiger partial charge in [0, 0.05) is 50.0 Å². The van der Waals surface area contributed by atoms with Gasteiger partial charge in [0.1, 0.15) is 11.5 Å². The van der Waals surface area contributed by atoms with Crippen LogP contribution in [0.3, 0.4) is 0 Å².